The summed E-state index contributed by atoms with van der Waals surface area (Å²) in [5, 5.41) is 12.1. The van der Waals surface area contributed by atoms with E-state index in [1.807, 2.05) is 4.90 Å². The summed E-state index contributed by atoms with van der Waals surface area (Å²) in [6.07, 6.45) is 1.99. The maximum Gasteiger partial charge on any atom is 0.238 e. The number of likely N-dealkylation sites (tertiary alicyclic amines) is 1. The second-order valence-electron chi connectivity index (χ2n) is 4.74. The van der Waals surface area contributed by atoms with Crippen LogP contribution in [-0.2, 0) is 4.79 Å². The number of amides is 1. The third-order valence-electron chi connectivity index (χ3n) is 3.32. The number of nitrogens with zero attached hydrogens (tertiary/aromatic N) is 1. The molecule has 0 radical (unpaired) electrons. The molecule has 1 atom stereocenters. The van der Waals surface area contributed by atoms with Gasteiger partial charge in [0.05, 0.1) is 18.8 Å². The highest BCUT2D eigenvalue weighted by Crippen LogP contribution is 2.25. The number of rotatable bonds is 4. The van der Waals surface area contributed by atoms with Gasteiger partial charge in [0.15, 0.2) is 0 Å². The average Bonchev–Trinajstić information content (AvgIpc) is 2.80. The number of halogens is 1. The van der Waals surface area contributed by atoms with Crippen molar-refractivity contribution in [2.75, 3.05) is 30.7 Å². The highest BCUT2D eigenvalue weighted by Gasteiger charge is 2.25. The average molecular weight is 328 g/mol. The zero-order valence-corrected chi connectivity index (χ0v) is 12.2. The Balaban J connectivity index is 1.94. The summed E-state index contributed by atoms with van der Waals surface area (Å²) in [5.74, 6) is -0.0779. The van der Waals surface area contributed by atoms with Gasteiger partial charge in [0.2, 0.25) is 5.91 Å². The molecule has 4 N–H and O–H groups in total. The summed E-state index contributed by atoms with van der Waals surface area (Å²) < 4.78 is 0.765. The normalized spacial score (nSPS) is 19.6. The lowest BCUT2D eigenvalue weighted by Gasteiger charge is -2.22. The van der Waals surface area contributed by atoms with E-state index in [0.29, 0.717) is 17.9 Å². The number of carbonyl (C=O) groups is 1. The molecule has 0 unspecified atom stereocenters. The van der Waals surface area contributed by atoms with Gasteiger partial charge < -0.3 is 16.2 Å². The number of carbonyl (C=O) groups excluding carboxylic acids is 1. The van der Waals surface area contributed by atoms with Crippen molar-refractivity contribution >= 4 is 33.2 Å². The van der Waals surface area contributed by atoms with E-state index in [9.17, 15) is 9.90 Å². The highest BCUT2D eigenvalue weighted by atomic mass is 79.9. The van der Waals surface area contributed by atoms with Crippen LogP contribution in [0.5, 0.6) is 0 Å². The number of nitrogen functional groups attached to an aromatic ring is 1. The molecular formula is C13H18BrN3O2. The van der Waals surface area contributed by atoms with E-state index in [2.05, 4.69) is 21.2 Å². The molecule has 19 heavy (non-hydrogen) atoms. The molecule has 1 aliphatic heterocycles. The smallest absolute Gasteiger partial charge is 0.238 e. The van der Waals surface area contributed by atoms with Crippen molar-refractivity contribution in [2.45, 2.75) is 18.9 Å². The van der Waals surface area contributed by atoms with Crippen molar-refractivity contribution in [3.63, 3.8) is 0 Å². The predicted octanol–water partition coefficient (Wildman–Crippen LogP) is 1.43. The molecule has 1 aromatic rings. The number of nitrogens with one attached hydrogen (secondary N) is 1. The number of aliphatic hydroxyl groups is 1. The lowest BCUT2D eigenvalue weighted by molar-refractivity contribution is -0.117. The molecule has 1 amide bonds. The van der Waals surface area contributed by atoms with Crippen molar-refractivity contribution in [3.8, 4) is 0 Å². The van der Waals surface area contributed by atoms with Gasteiger partial charge in [-0.1, -0.05) is 0 Å². The minimum absolute atomic E-state index is 0.0779. The zero-order chi connectivity index (χ0) is 13.8. The van der Waals surface area contributed by atoms with Gasteiger partial charge in [-0.3, -0.25) is 9.69 Å². The standard InChI is InChI=1S/C13H18BrN3O2/c14-11-6-9(15)3-4-12(11)16-13(19)7-17-5-1-2-10(17)8-18/h3-4,6,10,18H,1-2,5,7-8,15H2,(H,16,19)/t10-/m1/s1. The first-order valence-electron chi connectivity index (χ1n) is 6.30. The third-order valence-corrected chi connectivity index (χ3v) is 3.98. The Morgan fingerprint density at radius 3 is 3.05 bits per heavy atom. The SMILES string of the molecule is Nc1ccc(NC(=O)CN2CCC[C@@H]2CO)c(Br)c1. The number of nitrogens with two attached hydrogens (primary N) is 1. The molecule has 0 aliphatic carbocycles. The number of anilines is 2. The van der Waals surface area contributed by atoms with Gasteiger partial charge in [0.1, 0.15) is 0 Å². The summed E-state index contributed by atoms with van der Waals surface area (Å²) in [5.41, 5.74) is 7.00. The van der Waals surface area contributed by atoms with Gasteiger partial charge in [-0.15, -0.1) is 0 Å². The van der Waals surface area contributed by atoms with Gasteiger partial charge in [-0.2, -0.15) is 0 Å². The van der Waals surface area contributed by atoms with Crippen LogP contribution in [0.1, 0.15) is 12.8 Å². The number of benzene rings is 1. The molecule has 104 valence electrons. The topological polar surface area (TPSA) is 78.6 Å². The predicted molar refractivity (Wildman–Crippen MR) is 78.9 cm³/mol. The fraction of sp³-hybridized carbons (Fsp3) is 0.462. The summed E-state index contributed by atoms with van der Waals surface area (Å²) in [6, 6.07) is 5.38. The van der Waals surface area contributed by atoms with Crippen molar-refractivity contribution in [2.24, 2.45) is 0 Å². The summed E-state index contributed by atoms with van der Waals surface area (Å²) in [6.45, 7) is 1.28. The van der Waals surface area contributed by atoms with Crippen LogP contribution in [0.3, 0.4) is 0 Å². The molecule has 1 saturated heterocycles. The van der Waals surface area contributed by atoms with E-state index in [4.69, 9.17) is 5.73 Å². The molecule has 6 heteroatoms. The zero-order valence-electron chi connectivity index (χ0n) is 10.6. The van der Waals surface area contributed by atoms with Crippen LogP contribution >= 0.6 is 15.9 Å². The number of hydrogen-bond donors (Lipinski definition) is 3. The minimum Gasteiger partial charge on any atom is -0.399 e. The molecule has 1 aromatic carbocycles. The summed E-state index contributed by atoms with van der Waals surface area (Å²) in [4.78, 5) is 14.0. The van der Waals surface area contributed by atoms with Gasteiger partial charge in [0, 0.05) is 16.2 Å². The Morgan fingerprint density at radius 2 is 2.37 bits per heavy atom. The first-order chi connectivity index (χ1) is 9.10. The second kappa shape index (κ2) is 6.36. The van der Waals surface area contributed by atoms with E-state index < -0.39 is 0 Å². The van der Waals surface area contributed by atoms with Gasteiger partial charge in [-0.25, -0.2) is 0 Å². The number of hydrogen-bond acceptors (Lipinski definition) is 4. The molecule has 2 rings (SSSR count). The Bertz CT molecular complexity index is 467. The van der Waals surface area contributed by atoms with Crippen LogP contribution in [0.25, 0.3) is 0 Å². The van der Waals surface area contributed by atoms with Crippen LogP contribution in [0.4, 0.5) is 11.4 Å². The Hall–Kier alpha value is -1.11. The molecule has 1 aliphatic rings. The second-order valence-corrected chi connectivity index (χ2v) is 5.59. The van der Waals surface area contributed by atoms with Crippen LogP contribution in [0.2, 0.25) is 0 Å². The minimum atomic E-state index is -0.0779. The largest absolute Gasteiger partial charge is 0.399 e. The molecule has 0 spiro atoms. The first kappa shape index (κ1) is 14.3. The van der Waals surface area contributed by atoms with Crippen molar-refractivity contribution in [1.82, 2.24) is 4.90 Å². The quantitative estimate of drug-likeness (QED) is 0.731. The van der Waals surface area contributed by atoms with E-state index in [1.54, 1.807) is 18.2 Å². The van der Waals surface area contributed by atoms with Gasteiger partial charge in [-0.05, 0) is 53.5 Å². The first-order valence-corrected chi connectivity index (χ1v) is 7.09. The van der Waals surface area contributed by atoms with Crippen LogP contribution in [0.15, 0.2) is 22.7 Å². The van der Waals surface area contributed by atoms with E-state index >= 15 is 0 Å². The maximum atomic E-state index is 12.0. The van der Waals surface area contributed by atoms with Gasteiger partial charge >= 0.3 is 0 Å². The van der Waals surface area contributed by atoms with Crippen molar-refractivity contribution in [1.29, 1.82) is 0 Å². The van der Waals surface area contributed by atoms with Crippen LogP contribution < -0.4 is 11.1 Å². The Morgan fingerprint density at radius 1 is 1.58 bits per heavy atom. The summed E-state index contributed by atoms with van der Waals surface area (Å²) in [7, 11) is 0. The number of aliphatic hydroxyl groups excluding tert-OH is 1. The molecular weight excluding hydrogens is 310 g/mol. The monoisotopic (exact) mass is 327 g/mol. The lowest BCUT2D eigenvalue weighted by atomic mass is 10.2. The third kappa shape index (κ3) is 3.68. The van der Waals surface area contributed by atoms with E-state index in [1.165, 1.54) is 0 Å². The fourth-order valence-electron chi connectivity index (χ4n) is 2.32. The van der Waals surface area contributed by atoms with Gasteiger partial charge in [0.25, 0.3) is 0 Å². The Kier molecular flexibility index (Phi) is 4.79. The molecule has 0 saturated carbocycles. The Labute approximate surface area is 120 Å². The lowest BCUT2D eigenvalue weighted by Crippen LogP contribution is -2.38. The van der Waals surface area contributed by atoms with Crippen LogP contribution in [0, 0.1) is 0 Å². The molecule has 1 fully saturated rings. The van der Waals surface area contributed by atoms with Crippen molar-refractivity contribution < 1.29 is 9.90 Å². The van der Waals surface area contributed by atoms with Crippen LogP contribution in [-0.4, -0.2) is 41.7 Å². The molecule has 1 heterocycles. The van der Waals surface area contributed by atoms with E-state index in [-0.39, 0.29) is 18.6 Å². The van der Waals surface area contributed by atoms with Crippen molar-refractivity contribution in [3.05, 3.63) is 22.7 Å². The molecule has 5 nitrogen and oxygen atoms in total. The summed E-state index contributed by atoms with van der Waals surface area (Å²) >= 11 is 3.37. The maximum absolute atomic E-state index is 12.0. The molecule has 0 aromatic heterocycles. The molecule has 0 bridgehead atoms. The van der Waals surface area contributed by atoms with E-state index in [0.717, 1.165) is 23.9 Å². The fourth-order valence-corrected chi connectivity index (χ4v) is 2.81. The highest BCUT2D eigenvalue weighted by molar-refractivity contribution is 9.10.